The molecule has 0 radical (unpaired) electrons. The number of hydrogen-bond acceptors (Lipinski definition) is 5. The Hall–Kier alpha value is -8.15. The smallest absolute Gasteiger partial charge is 0.164 e. The lowest BCUT2D eigenvalue weighted by Gasteiger charge is -2.14. The molecule has 3 aromatic heterocycles. The van der Waals surface area contributed by atoms with Gasteiger partial charge in [0.1, 0.15) is 0 Å². The van der Waals surface area contributed by atoms with Crippen LogP contribution in [0.1, 0.15) is 0 Å². The molecule has 3 heterocycles. The van der Waals surface area contributed by atoms with E-state index in [1.807, 2.05) is 67.3 Å². The summed E-state index contributed by atoms with van der Waals surface area (Å²) in [7, 11) is 0. The van der Waals surface area contributed by atoms with Gasteiger partial charge in [-0.3, -0.25) is 9.97 Å². The molecule has 0 fully saturated rings. The summed E-state index contributed by atoms with van der Waals surface area (Å²) in [5.74, 6) is 1.84. The maximum Gasteiger partial charge on any atom is 0.164 e. The van der Waals surface area contributed by atoms with E-state index < -0.39 is 0 Å². The molecule has 11 rings (SSSR count). The largest absolute Gasteiger partial charge is 0.265 e. The average Bonchev–Trinajstić information content (AvgIpc) is 3.34. The number of nitrogens with zero attached hydrogens (tertiary/aromatic N) is 5. The van der Waals surface area contributed by atoms with Crippen LogP contribution in [-0.2, 0) is 0 Å². The number of pyridine rings is 2. The Labute approximate surface area is 347 Å². The summed E-state index contributed by atoms with van der Waals surface area (Å²) < 4.78 is 0. The van der Waals surface area contributed by atoms with E-state index in [2.05, 4.69) is 156 Å². The maximum atomic E-state index is 5.29. The molecule has 5 nitrogen and oxygen atoms in total. The van der Waals surface area contributed by atoms with Crippen LogP contribution in [0.15, 0.2) is 213 Å². The van der Waals surface area contributed by atoms with Crippen LogP contribution in [0.5, 0.6) is 0 Å². The van der Waals surface area contributed by atoms with Crippen molar-refractivity contribution < 1.29 is 0 Å². The molecule has 0 N–H and O–H groups in total. The first kappa shape index (κ1) is 35.0. The summed E-state index contributed by atoms with van der Waals surface area (Å²) in [5, 5.41) is 7.27. The van der Waals surface area contributed by atoms with E-state index in [4.69, 9.17) is 15.0 Å². The lowest BCUT2D eigenvalue weighted by Crippen LogP contribution is -2.00. The van der Waals surface area contributed by atoms with Gasteiger partial charge in [-0.15, -0.1) is 0 Å². The first-order chi connectivity index (χ1) is 29.7. The Bertz CT molecular complexity index is 3200. The molecule has 280 valence electrons. The minimum Gasteiger partial charge on any atom is -0.265 e. The van der Waals surface area contributed by atoms with Crippen LogP contribution in [0.25, 0.3) is 111 Å². The zero-order chi connectivity index (χ0) is 39.8. The summed E-state index contributed by atoms with van der Waals surface area (Å²) >= 11 is 0. The van der Waals surface area contributed by atoms with Crippen LogP contribution in [0.3, 0.4) is 0 Å². The quantitative estimate of drug-likeness (QED) is 0.151. The van der Waals surface area contributed by atoms with Crippen molar-refractivity contribution in [1.82, 2.24) is 24.9 Å². The van der Waals surface area contributed by atoms with E-state index in [0.717, 1.165) is 61.2 Å². The standard InChI is InChI=1S/C55H35N5/c1-2-8-42(9-3-1)53-58-54(43-22-23-51-49-12-5-4-10-47(49)48-11-6-7-13-50(48)52(51)35-43)60-55(59-53)46-33-44(38-18-14-36(15-19-38)40-24-28-56-29-25-40)32-45(34-46)39-20-16-37(17-21-39)41-26-30-57-31-27-41/h1-35H. The fourth-order valence-corrected chi connectivity index (χ4v) is 8.29. The normalized spacial score (nSPS) is 11.3. The number of hydrogen-bond donors (Lipinski definition) is 0. The molecule has 11 aromatic rings. The van der Waals surface area contributed by atoms with Gasteiger partial charge in [0, 0.05) is 41.5 Å². The molecule has 0 atom stereocenters. The molecule has 0 saturated heterocycles. The van der Waals surface area contributed by atoms with Crippen molar-refractivity contribution >= 4 is 32.3 Å². The average molecular weight is 766 g/mol. The molecule has 0 aliphatic heterocycles. The zero-order valence-electron chi connectivity index (χ0n) is 32.4. The summed E-state index contributed by atoms with van der Waals surface area (Å²) in [6.07, 6.45) is 7.31. The third kappa shape index (κ3) is 6.54. The molecule has 0 aliphatic carbocycles. The van der Waals surface area contributed by atoms with Gasteiger partial charge in [0.2, 0.25) is 0 Å². The molecule has 0 unspecified atom stereocenters. The Balaban J connectivity index is 1.09. The Morgan fingerprint density at radius 2 is 0.533 bits per heavy atom. The van der Waals surface area contributed by atoms with Crippen molar-refractivity contribution in [3.63, 3.8) is 0 Å². The third-order valence-corrected chi connectivity index (χ3v) is 11.3. The molecule has 0 saturated carbocycles. The molecular weight excluding hydrogens is 731 g/mol. The lowest BCUT2D eigenvalue weighted by molar-refractivity contribution is 1.07. The summed E-state index contributed by atoms with van der Waals surface area (Å²) in [4.78, 5) is 24.1. The van der Waals surface area contributed by atoms with Crippen LogP contribution < -0.4 is 0 Å². The molecule has 60 heavy (non-hydrogen) atoms. The molecule has 8 aromatic carbocycles. The Morgan fingerprint density at radius 1 is 0.200 bits per heavy atom. The fraction of sp³-hybridized carbons (Fsp3) is 0. The summed E-state index contributed by atoms with van der Waals surface area (Å²) in [5.41, 5.74) is 11.6. The SMILES string of the molecule is c1ccc(-c2nc(-c3cc(-c4ccc(-c5ccncc5)cc4)cc(-c4ccc(-c5ccncc5)cc4)c3)nc(-c3ccc4c5ccccc5c5ccccc5c4c3)n2)cc1. The topological polar surface area (TPSA) is 64.5 Å². The van der Waals surface area contributed by atoms with Crippen LogP contribution in [0, 0.1) is 0 Å². The highest BCUT2D eigenvalue weighted by Crippen LogP contribution is 2.38. The van der Waals surface area contributed by atoms with Gasteiger partial charge in [-0.2, -0.15) is 0 Å². The van der Waals surface area contributed by atoms with Crippen molar-refractivity contribution in [1.29, 1.82) is 0 Å². The summed E-state index contributed by atoms with van der Waals surface area (Å²) in [6.45, 7) is 0. The number of aromatic nitrogens is 5. The van der Waals surface area contributed by atoms with Crippen LogP contribution in [-0.4, -0.2) is 24.9 Å². The predicted molar refractivity (Wildman–Crippen MR) is 246 cm³/mol. The van der Waals surface area contributed by atoms with E-state index in [9.17, 15) is 0 Å². The minimum absolute atomic E-state index is 0.604. The number of rotatable bonds is 7. The van der Waals surface area contributed by atoms with Gasteiger partial charge in [0.05, 0.1) is 0 Å². The van der Waals surface area contributed by atoms with Gasteiger partial charge >= 0.3 is 0 Å². The molecule has 0 aliphatic rings. The van der Waals surface area contributed by atoms with E-state index in [1.165, 1.54) is 32.3 Å². The first-order valence-electron chi connectivity index (χ1n) is 20.0. The van der Waals surface area contributed by atoms with Crippen LogP contribution in [0.4, 0.5) is 0 Å². The third-order valence-electron chi connectivity index (χ3n) is 11.3. The highest BCUT2D eigenvalue weighted by atomic mass is 15.0. The fourth-order valence-electron chi connectivity index (χ4n) is 8.29. The maximum absolute atomic E-state index is 5.29. The molecular formula is C55H35N5. The minimum atomic E-state index is 0.604. The van der Waals surface area contributed by atoms with Crippen molar-refractivity contribution in [2.24, 2.45) is 0 Å². The van der Waals surface area contributed by atoms with E-state index in [-0.39, 0.29) is 0 Å². The second-order valence-electron chi connectivity index (χ2n) is 14.9. The van der Waals surface area contributed by atoms with Crippen LogP contribution in [0.2, 0.25) is 0 Å². The van der Waals surface area contributed by atoms with Crippen LogP contribution >= 0.6 is 0 Å². The molecule has 0 spiro atoms. The van der Waals surface area contributed by atoms with E-state index in [1.54, 1.807) is 0 Å². The summed E-state index contributed by atoms with van der Waals surface area (Å²) in [6, 6.07) is 66.3. The van der Waals surface area contributed by atoms with Gasteiger partial charge in [-0.1, -0.05) is 140 Å². The van der Waals surface area contributed by atoms with Gasteiger partial charge in [0.15, 0.2) is 17.5 Å². The molecule has 0 amide bonds. The second-order valence-corrected chi connectivity index (χ2v) is 14.9. The van der Waals surface area contributed by atoms with E-state index >= 15 is 0 Å². The van der Waals surface area contributed by atoms with Gasteiger partial charge in [0.25, 0.3) is 0 Å². The number of fused-ring (bicyclic) bond motifs is 6. The zero-order valence-corrected chi connectivity index (χ0v) is 32.4. The molecule has 5 heteroatoms. The van der Waals surface area contributed by atoms with E-state index in [0.29, 0.717) is 17.5 Å². The first-order valence-corrected chi connectivity index (χ1v) is 20.0. The van der Waals surface area contributed by atoms with Crippen molar-refractivity contribution in [2.45, 2.75) is 0 Å². The lowest BCUT2D eigenvalue weighted by atomic mass is 9.93. The Kier molecular flexibility index (Phi) is 8.75. The number of benzene rings is 8. The highest BCUT2D eigenvalue weighted by Gasteiger charge is 2.17. The highest BCUT2D eigenvalue weighted by molar-refractivity contribution is 6.25. The van der Waals surface area contributed by atoms with Crippen molar-refractivity contribution in [3.05, 3.63) is 213 Å². The van der Waals surface area contributed by atoms with Gasteiger partial charge in [-0.25, -0.2) is 15.0 Å². The predicted octanol–water partition coefficient (Wildman–Crippen LogP) is 13.8. The van der Waals surface area contributed by atoms with Crippen molar-refractivity contribution in [3.8, 4) is 78.7 Å². The monoisotopic (exact) mass is 765 g/mol. The Morgan fingerprint density at radius 3 is 1.02 bits per heavy atom. The second kappa shape index (κ2) is 15.0. The molecule has 0 bridgehead atoms. The van der Waals surface area contributed by atoms with Crippen molar-refractivity contribution in [2.75, 3.05) is 0 Å². The van der Waals surface area contributed by atoms with Gasteiger partial charge < -0.3 is 0 Å². The van der Waals surface area contributed by atoms with Gasteiger partial charge in [-0.05, 0) is 125 Å².